The lowest BCUT2D eigenvalue weighted by Gasteiger charge is -2.37. The molecule has 0 radical (unpaired) electrons. The molecule has 1 unspecified atom stereocenters. The van der Waals surface area contributed by atoms with Crippen LogP contribution in [-0.4, -0.2) is 6.61 Å². The maximum atomic E-state index is 6.51. The number of ether oxygens (including phenoxy) is 1. The zero-order chi connectivity index (χ0) is 13.5. The molecule has 3 rings (SSSR count). The number of benzene rings is 1. The normalized spacial score (nSPS) is 23.7. The Bertz CT molecular complexity index is 456. The van der Waals surface area contributed by atoms with E-state index in [1.807, 2.05) is 0 Å². The topological polar surface area (TPSA) is 35.2 Å². The Morgan fingerprint density at radius 3 is 2.74 bits per heavy atom. The molecule has 0 saturated heterocycles. The van der Waals surface area contributed by atoms with Crippen molar-refractivity contribution < 1.29 is 4.74 Å². The highest BCUT2D eigenvalue weighted by Crippen LogP contribution is 2.42. The largest absolute Gasteiger partial charge is 0.493 e. The molecule has 1 aromatic carbocycles. The Morgan fingerprint density at radius 2 is 2.00 bits per heavy atom. The molecular weight excluding hydrogens is 234 g/mol. The predicted octanol–water partition coefficient (Wildman–Crippen LogP) is 3.84. The average Bonchev–Trinajstić information content (AvgIpc) is 2.85. The molecule has 0 aromatic heterocycles. The first-order valence-corrected chi connectivity index (χ1v) is 7.56. The van der Waals surface area contributed by atoms with E-state index in [0.717, 1.165) is 18.8 Å². The minimum Gasteiger partial charge on any atom is -0.493 e. The summed E-state index contributed by atoms with van der Waals surface area (Å²) >= 11 is 0. The number of hydrogen-bond donors (Lipinski definition) is 1. The fraction of sp³-hybridized carbons (Fsp3) is 0.647. The van der Waals surface area contributed by atoms with Crippen LogP contribution in [-0.2, 0) is 6.42 Å². The van der Waals surface area contributed by atoms with Gasteiger partial charge in [0.25, 0.3) is 0 Å². The lowest BCUT2D eigenvalue weighted by molar-refractivity contribution is 0.173. The third-order valence-corrected chi connectivity index (χ3v) is 4.99. The van der Waals surface area contributed by atoms with Crippen LogP contribution in [0, 0.1) is 11.3 Å². The van der Waals surface area contributed by atoms with Gasteiger partial charge in [-0.05, 0) is 54.2 Å². The van der Waals surface area contributed by atoms with Gasteiger partial charge in [-0.25, -0.2) is 0 Å². The molecule has 1 aliphatic carbocycles. The highest BCUT2D eigenvalue weighted by molar-refractivity contribution is 5.40. The Balaban J connectivity index is 1.72. The van der Waals surface area contributed by atoms with Crippen LogP contribution in [0.1, 0.15) is 56.7 Å². The molecule has 1 heterocycles. The summed E-state index contributed by atoms with van der Waals surface area (Å²) in [7, 11) is 0. The zero-order valence-corrected chi connectivity index (χ0v) is 12.1. The van der Waals surface area contributed by atoms with Crippen molar-refractivity contribution in [3.8, 4) is 5.75 Å². The molecule has 104 valence electrons. The average molecular weight is 259 g/mol. The van der Waals surface area contributed by atoms with Crippen molar-refractivity contribution in [2.75, 3.05) is 6.61 Å². The van der Waals surface area contributed by atoms with Gasteiger partial charge < -0.3 is 10.5 Å². The lowest BCUT2D eigenvalue weighted by Crippen LogP contribution is -2.29. The van der Waals surface area contributed by atoms with Crippen molar-refractivity contribution in [3.05, 3.63) is 29.3 Å². The highest BCUT2D eigenvalue weighted by atomic mass is 16.5. The maximum absolute atomic E-state index is 6.51. The second-order valence-corrected chi connectivity index (χ2v) is 6.99. The van der Waals surface area contributed by atoms with Crippen LogP contribution >= 0.6 is 0 Å². The van der Waals surface area contributed by atoms with Crippen molar-refractivity contribution in [2.24, 2.45) is 17.1 Å². The second-order valence-electron chi connectivity index (χ2n) is 6.99. The summed E-state index contributed by atoms with van der Waals surface area (Å²) in [6.07, 6.45) is 6.18. The summed E-state index contributed by atoms with van der Waals surface area (Å²) < 4.78 is 5.57. The fourth-order valence-electron chi connectivity index (χ4n) is 3.47. The van der Waals surface area contributed by atoms with Crippen LogP contribution in [0.3, 0.4) is 0 Å². The Kier molecular flexibility index (Phi) is 3.30. The van der Waals surface area contributed by atoms with Gasteiger partial charge in [0.15, 0.2) is 0 Å². The quantitative estimate of drug-likeness (QED) is 0.876. The molecule has 2 aliphatic rings. The number of hydrogen-bond acceptors (Lipinski definition) is 2. The summed E-state index contributed by atoms with van der Waals surface area (Å²) in [6.45, 7) is 5.58. The van der Waals surface area contributed by atoms with E-state index in [4.69, 9.17) is 10.5 Å². The van der Waals surface area contributed by atoms with Crippen LogP contribution in [0.5, 0.6) is 5.75 Å². The van der Waals surface area contributed by atoms with Crippen molar-refractivity contribution in [1.29, 1.82) is 0 Å². The van der Waals surface area contributed by atoms with Gasteiger partial charge in [0.05, 0.1) is 6.61 Å². The zero-order valence-electron chi connectivity index (χ0n) is 12.1. The van der Waals surface area contributed by atoms with E-state index >= 15 is 0 Å². The first kappa shape index (κ1) is 13.0. The third-order valence-electron chi connectivity index (χ3n) is 4.99. The van der Waals surface area contributed by atoms with Crippen LogP contribution in [0.4, 0.5) is 0 Å². The number of nitrogens with two attached hydrogens (primary N) is 1. The summed E-state index contributed by atoms with van der Waals surface area (Å²) in [5.74, 6) is 1.70. The predicted molar refractivity (Wildman–Crippen MR) is 78.3 cm³/mol. The van der Waals surface area contributed by atoms with Crippen LogP contribution in [0.25, 0.3) is 0 Å². The van der Waals surface area contributed by atoms with E-state index in [2.05, 4.69) is 32.0 Å². The molecule has 1 aromatic rings. The van der Waals surface area contributed by atoms with Gasteiger partial charge in [0, 0.05) is 12.5 Å². The Labute approximate surface area is 116 Å². The molecule has 1 fully saturated rings. The summed E-state index contributed by atoms with van der Waals surface area (Å²) in [4.78, 5) is 0. The minimum atomic E-state index is 0.196. The van der Waals surface area contributed by atoms with E-state index in [1.165, 1.54) is 36.8 Å². The van der Waals surface area contributed by atoms with E-state index in [0.29, 0.717) is 11.3 Å². The molecule has 19 heavy (non-hydrogen) atoms. The van der Waals surface area contributed by atoms with Crippen molar-refractivity contribution in [1.82, 2.24) is 0 Å². The van der Waals surface area contributed by atoms with Crippen LogP contribution in [0.15, 0.2) is 18.2 Å². The SMILES string of the molecule is CC1(C)CCC(C(N)c2ccc3c(c2)CCO3)CC1. The molecule has 2 heteroatoms. The van der Waals surface area contributed by atoms with Gasteiger partial charge in [0.1, 0.15) is 5.75 Å². The molecule has 2 N–H and O–H groups in total. The highest BCUT2D eigenvalue weighted by Gasteiger charge is 2.30. The lowest BCUT2D eigenvalue weighted by atomic mass is 9.70. The molecule has 1 saturated carbocycles. The molecule has 1 atom stereocenters. The fourth-order valence-corrected chi connectivity index (χ4v) is 3.47. The van der Waals surface area contributed by atoms with E-state index in [9.17, 15) is 0 Å². The van der Waals surface area contributed by atoms with E-state index in [1.54, 1.807) is 0 Å². The van der Waals surface area contributed by atoms with E-state index in [-0.39, 0.29) is 6.04 Å². The van der Waals surface area contributed by atoms with Gasteiger partial charge in [-0.15, -0.1) is 0 Å². The monoisotopic (exact) mass is 259 g/mol. The van der Waals surface area contributed by atoms with Gasteiger partial charge in [-0.1, -0.05) is 26.0 Å². The second kappa shape index (κ2) is 4.82. The molecular formula is C17H25NO. The van der Waals surface area contributed by atoms with Crippen LogP contribution < -0.4 is 10.5 Å². The third kappa shape index (κ3) is 2.64. The number of fused-ring (bicyclic) bond motifs is 1. The molecule has 2 nitrogen and oxygen atoms in total. The van der Waals surface area contributed by atoms with Gasteiger partial charge >= 0.3 is 0 Å². The number of rotatable bonds is 2. The van der Waals surface area contributed by atoms with Crippen molar-refractivity contribution in [2.45, 2.75) is 52.0 Å². The minimum absolute atomic E-state index is 0.196. The summed E-state index contributed by atoms with van der Waals surface area (Å²) in [5.41, 5.74) is 9.66. The van der Waals surface area contributed by atoms with E-state index < -0.39 is 0 Å². The van der Waals surface area contributed by atoms with Gasteiger partial charge in [-0.3, -0.25) is 0 Å². The van der Waals surface area contributed by atoms with Crippen molar-refractivity contribution in [3.63, 3.8) is 0 Å². The van der Waals surface area contributed by atoms with Crippen LogP contribution in [0.2, 0.25) is 0 Å². The first-order chi connectivity index (χ1) is 9.05. The van der Waals surface area contributed by atoms with Crippen molar-refractivity contribution >= 4 is 0 Å². The van der Waals surface area contributed by atoms with Gasteiger partial charge in [-0.2, -0.15) is 0 Å². The Morgan fingerprint density at radius 1 is 1.26 bits per heavy atom. The Hall–Kier alpha value is -1.02. The molecule has 0 amide bonds. The maximum Gasteiger partial charge on any atom is 0.122 e. The molecule has 0 bridgehead atoms. The first-order valence-electron chi connectivity index (χ1n) is 7.56. The summed E-state index contributed by atoms with van der Waals surface area (Å²) in [5, 5.41) is 0. The molecule has 0 spiro atoms. The standard InChI is InChI=1S/C17H25NO/c1-17(2)8-5-12(6-9-17)16(18)14-3-4-15-13(11-14)7-10-19-15/h3-4,11-12,16H,5-10,18H2,1-2H3. The van der Waals surface area contributed by atoms with Gasteiger partial charge in [0.2, 0.25) is 0 Å². The smallest absolute Gasteiger partial charge is 0.122 e. The summed E-state index contributed by atoms with van der Waals surface area (Å²) in [6, 6.07) is 6.73. The molecule has 1 aliphatic heterocycles.